The van der Waals surface area contributed by atoms with Crippen LogP contribution in [0.25, 0.3) is 0 Å². The lowest BCUT2D eigenvalue weighted by Gasteiger charge is -2.09. The standard InChI is InChI=1S/C28H44N/c1-3-5-7-9-14-20-27-22-24-29(23-16-19-26-17-12-11-13-18-26)25-28(27)21-15-10-8-6-4-2/h11-13,17-18,22,24-25H,3-10,14-16,19-21,23H2,1-2H3/q+1. The Balaban J connectivity index is 1.88. The van der Waals surface area contributed by atoms with Gasteiger partial charge < -0.3 is 0 Å². The maximum absolute atomic E-state index is 2.46. The zero-order chi connectivity index (χ0) is 20.6. The van der Waals surface area contributed by atoms with Crippen LogP contribution in [0.5, 0.6) is 0 Å². The first kappa shape index (κ1) is 23.6. The molecule has 0 aliphatic heterocycles. The van der Waals surface area contributed by atoms with E-state index in [1.165, 1.54) is 95.5 Å². The van der Waals surface area contributed by atoms with Crippen molar-refractivity contribution in [3.05, 3.63) is 65.5 Å². The van der Waals surface area contributed by atoms with Crippen LogP contribution in [0.1, 0.15) is 101 Å². The van der Waals surface area contributed by atoms with Crippen LogP contribution in [-0.2, 0) is 25.8 Å². The lowest BCUT2D eigenvalue weighted by Crippen LogP contribution is -2.34. The molecule has 1 heterocycles. The number of pyridine rings is 1. The number of benzene rings is 1. The molecule has 2 aromatic rings. The summed E-state index contributed by atoms with van der Waals surface area (Å²) in [4.78, 5) is 0. The van der Waals surface area contributed by atoms with Crippen LogP contribution in [0.3, 0.4) is 0 Å². The van der Waals surface area contributed by atoms with Gasteiger partial charge in [0.1, 0.15) is 6.54 Å². The Bertz CT molecular complexity index is 647. The van der Waals surface area contributed by atoms with Crippen molar-refractivity contribution in [2.24, 2.45) is 0 Å². The summed E-state index contributed by atoms with van der Waals surface area (Å²) in [6.07, 6.45) is 23.4. The van der Waals surface area contributed by atoms with Gasteiger partial charge in [-0.15, -0.1) is 0 Å². The summed E-state index contributed by atoms with van der Waals surface area (Å²) < 4.78 is 2.44. The number of hydrogen-bond acceptors (Lipinski definition) is 0. The average Bonchev–Trinajstić information content (AvgIpc) is 2.75. The van der Waals surface area contributed by atoms with Crippen LogP contribution in [0.15, 0.2) is 48.8 Å². The maximum Gasteiger partial charge on any atom is 0.172 e. The molecule has 0 unspecified atom stereocenters. The van der Waals surface area contributed by atoms with E-state index >= 15 is 0 Å². The van der Waals surface area contributed by atoms with Crippen molar-refractivity contribution >= 4 is 0 Å². The molecular weight excluding hydrogens is 350 g/mol. The van der Waals surface area contributed by atoms with Gasteiger partial charge in [-0.25, -0.2) is 4.57 Å². The molecule has 160 valence electrons. The molecule has 0 amide bonds. The summed E-state index contributed by atoms with van der Waals surface area (Å²) in [5, 5.41) is 0. The van der Waals surface area contributed by atoms with E-state index in [4.69, 9.17) is 0 Å². The molecule has 1 aromatic heterocycles. The van der Waals surface area contributed by atoms with Crippen LogP contribution in [-0.4, -0.2) is 0 Å². The van der Waals surface area contributed by atoms with Gasteiger partial charge in [0.15, 0.2) is 12.4 Å². The number of rotatable bonds is 16. The summed E-state index contributed by atoms with van der Waals surface area (Å²) in [6, 6.07) is 13.3. The van der Waals surface area contributed by atoms with Crippen molar-refractivity contribution in [1.82, 2.24) is 0 Å². The molecule has 0 saturated carbocycles. The maximum atomic E-state index is 2.46. The molecule has 29 heavy (non-hydrogen) atoms. The van der Waals surface area contributed by atoms with E-state index in [0.717, 1.165) is 6.54 Å². The highest BCUT2D eigenvalue weighted by atomic mass is 14.9. The second-order valence-corrected chi connectivity index (χ2v) is 8.65. The SMILES string of the molecule is CCCCCCCc1cc[n+](CCCc2ccccc2)cc1CCCCCCC. The molecule has 0 aliphatic carbocycles. The van der Waals surface area contributed by atoms with Gasteiger partial charge in [0.05, 0.1) is 0 Å². The molecular formula is C28H44N+. The second-order valence-electron chi connectivity index (χ2n) is 8.65. The normalized spacial score (nSPS) is 11.1. The zero-order valence-electron chi connectivity index (χ0n) is 19.2. The summed E-state index contributed by atoms with van der Waals surface area (Å²) in [5.74, 6) is 0. The van der Waals surface area contributed by atoms with E-state index in [1.54, 1.807) is 11.1 Å². The van der Waals surface area contributed by atoms with Crippen LogP contribution in [0, 0.1) is 0 Å². The summed E-state index contributed by atoms with van der Waals surface area (Å²) >= 11 is 0. The van der Waals surface area contributed by atoms with Crippen LogP contribution in [0.4, 0.5) is 0 Å². The predicted molar refractivity (Wildman–Crippen MR) is 126 cm³/mol. The van der Waals surface area contributed by atoms with Crippen LogP contribution >= 0.6 is 0 Å². The largest absolute Gasteiger partial charge is 0.205 e. The first-order chi connectivity index (χ1) is 14.3. The average molecular weight is 395 g/mol. The number of aromatic nitrogens is 1. The molecule has 0 atom stereocenters. The van der Waals surface area contributed by atoms with E-state index in [1.807, 2.05) is 0 Å². The summed E-state index contributed by atoms with van der Waals surface area (Å²) in [6.45, 7) is 5.71. The zero-order valence-corrected chi connectivity index (χ0v) is 19.2. The first-order valence-electron chi connectivity index (χ1n) is 12.4. The fourth-order valence-electron chi connectivity index (χ4n) is 4.18. The van der Waals surface area contributed by atoms with Gasteiger partial charge in [-0.1, -0.05) is 95.5 Å². The van der Waals surface area contributed by atoms with E-state index < -0.39 is 0 Å². The molecule has 0 aliphatic rings. The molecule has 1 aromatic carbocycles. The quantitative estimate of drug-likeness (QED) is 0.203. The molecule has 0 saturated heterocycles. The van der Waals surface area contributed by atoms with Gasteiger partial charge in [-0.05, 0) is 43.2 Å². The molecule has 0 N–H and O–H groups in total. The van der Waals surface area contributed by atoms with E-state index in [0.29, 0.717) is 0 Å². The van der Waals surface area contributed by atoms with Crippen LogP contribution in [0.2, 0.25) is 0 Å². The van der Waals surface area contributed by atoms with Crippen molar-refractivity contribution < 1.29 is 4.57 Å². The number of hydrogen-bond donors (Lipinski definition) is 0. The Hall–Kier alpha value is -1.63. The topological polar surface area (TPSA) is 3.88 Å². The van der Waals surface area contributed by atoms with Gasteiger partial charge >= 0.3 is 0 Å². The predicted octanol–water partition coefficient (Wildman–Crippen LogP) is 7.63. The highest BCUT2D eigenvalue weighted by molar-refractivity contribution is 5.21. The summed E-state index contributed by atoms with van der Waals surface area (Å²) in [7, 11) is 0. The molecule has 0 spiro atoms. The fraction of sp³-hybridized carbons (Fsp3) is 0.607. The lowest BCUT2D eigenvalue weighted by atomic mass is 9.98. The Morgan fingerprint density at radius 3 is 1.86 bits per heavy atom. The lowest BCUT2D eigenvalue weighted by molar-refractivity contribution is -0.697. The first-order valence-corrected chi connectivity index (χ1v) is 12.4. The molecule has 0 bridgehead atoms. The Labute approximate surface area is 180 Å². The van der Waals surface area contributed by atoms with E-state index in [9.17, 15) is 0 Å². The molecule has 0 fully saturated rings. The number of aryl methyl sites for hydroxylation is 4. The van der Waals surface area contributed by atoms with Gasteiger partial charge in [-0.2, -0.15) is 0 Å². The number of nitrogens with zero attached hydrogens (tertiary/aromatic N) is 1. The van der Waals surface area contributed by atoms with Gasteiger partial charge in [-0.3, -0.25) is 0 Å². The third kappa shape index (κ3) is 10.1. The van der Waals surface area contributed by atoms with Crippen LogP contribution < -0.4 is 4.57 Å². The van der Waals surface area contributed by atoms with Crippen molar-refractivity contribution in [1.29, 1.82) is 0 Å². The minimum Gasteiger partial charge on any atom is -0.205 e. The Morgan fingerprint density at radius 2 is 1.21 bits per heavy atom. The van der Waals surface area contributed by atoms with Crippen molar-refractivity contribution in [2.75, 3.05) is 0 Å². The number of unbranched alkanes of at least 4 members (excludes halogenated alkanes) is 8. The van der Waals surface area contributed by atoms with E-state index in [-0.39, 0.29) is 0 Å². The van der Waals surface area contributed by atoms with Gasteiger partial charge in [0, 0.05) is 18.1 Å². The van der Waals surface area contributed by atoms with Crippen molar-refractivity contribution in [2.45, 2.75) is 110 Å². The molecule has 1 nitrogen and oxygen atoms in total. The third-order valence-corrected chi connectivity index (χ3v) is 6.03. The summed E-state index contributed by atoms with van der Waals surface area (Å²) in [5.41, 5.74) is 4.67. The molecule has 2 rings (SSSR count). The minimum absolute atomic E-state index is 1.12. The fourth-order valence-corrected chi connectivity index (χ4v) is 4.18. The van der Waals surface area contributed by atoms with Gasteiger partial charge in [0.25, 0.3) is 0 Å². The smallest absolute Gasteiger partial charge is 0.172 e. The van der Waals surface area contributed by atoms with Gasteiger partial charge in [0.2, 0.25) is 0 Å². The Kier molecular flexibility index (Phi) is 12.4. The third-order valence-electron chi connectivity index (χ3n) is 6.03. The van der Waals surface area contributed by atoms with Crippen molar-refractivity contribution in [3.63, 3.8) is 0 Å². The molecule has 1 heteroatoms. The monoisotopic (exact) mass is 394 g/mol. The highest BCUT2D eigenvalue weighted by Gasteiger charge is 2.10. The minimum atomic E-state index is 1.12. The Morgan fingerprint density at radius 1 is 0.586 bits per heavy atom. The second kappa shape index (κ2) is 15.2. The van der Waals surface area contributed by atoms with Crippen molar-refractivity contribution in [3.8, 4) is 0 Å². The van der Waals surface area contributed by atoms with E-state index in [2.05, 4.69) is 67.2 Å². The molecule has 0 radical (unpaired) electrons. The highest BCUT2D eigenvalue weighted by Crippen LogP contribution is 2.16.